The number of hydrogen-bond donors (Lipinski definition) is 1. The molecule has 116 valence electrons. The second kappa shape index (κ2) is 6.97. The van der Waals surface area contributed by atoms with Crippen LogP contribution in [0.1, 0.15) is 45.6 Å². The van der Waals surface area contributed by atoms with Crippen molar-refractivity contribution in [1.82, 2.24) is 4.90 Å². The third-order valence-electron chi connectivity index (χ3n) is 3.88. The van der Waals surface area contributed by atoms with Crippen molar-refractivity contribution < 1.29 is 4.79 Å². The van der Waals surface area contributed by atoms with Crippen LogP contribution in [0.3, 0.4) is 0 Å². The Morgan fingerprint density at radius 3 is 2.43 bits per heavy atom. The number of nitrogens with zero attached hydrogens (tertiary/aromatic N) is 1. The number of carbonyl (C=O) groups is 1. The summed E-state index contributed by atoms with van der Waals surface area (Å²) < 4.78 is 0. The summed E-state index contributed by atoms with van der Waals surface area (Å²) in [5.74, 6) is 1.64. The van der Waals surface area contributed by atoms with E-state index < -0.39 is 0 Å². The number of carbonyl (C=O) groups excluding carboxylic acids is 1. The molecule has 0 saturated heterocycles. The second-order valence-corrected chi connectivity index (χ2v) is 6.96. The highest BCUT2D eigenvalue weighted by molar-refractivity contribution is 5.78. The molecule has 21 heavy (non-hydrogen) atoms. The summed E-state index contributed by atoms with van der Waals surface area (Å²) in [6, 6.07) is 8.34. The number of anilines is 1. The fraction of sp³-hybridized carbons (Fsp3) is 0.611. The van der Waals surface area contributed by atoms with Gasteiger partial charge in [0.1, 0.15) is 0 Å². The summed E-state index contributed by atoms with van der Waals surface area (Å²) in [5.41, 5.74) is 2.48. The Hall–Kier alpha value is -1.51. The maximum absolute atomic E-state index is 12.7. The monoisotopic (exact) mass is 288 g/mol. The summed E-state index contributed by atoms with van der Waals surface area (Å²) in [6.45, 7) is 11.3. The summed E-state index contributed by atoms with van der Waals surface area (Å²) >= 11 is 0. The van der Waals surface area contributed by atoms with E-state index in [1.807, 2.05) is 6.07 Å². The Labute approximate surface area is 128 Å². The standard InChI is InChI=1S/C18H28N2O/c1-13(2)11-20(12-14(3)4)18(21)9-15-10-19-17-8-6-5-7-16(15)17/h5-8,13-15,19H,9-12H2,1-4H3. The third-order valence-corrected chi connectivity index (χ3v) is 3.88. The lowest BCUT2D eigenvalue weighted by Crippen LogP contribution is -2.37. The van der Waals surface area contributed by atoms with Crippen molar-refractivity contribution in [2.75, 3.05) is 25.0 Å². The topological polar surface area (TPSA) is 32.3 Å². The van der Waals surface area contributed by atoms with Crippen LogP contribution >= 0.6 is 0 Å². The Bertz CT molecular complexity index is 472. The molecule has 0 bridgehead atoms. The van der Waals surface area contributed by atoms with Gasteiger partial charge >= 0.3 is 0 Å². The fourth-order valence-electron chi connectivity index (χ4n) is 3.04. The summed E-state index contributed by atoms with van der Waals surface area (Å²) in [6.07, 6.45) is 0.615. The van der Waals surface area contributed by atoms with Gasteiger partial charge in [0.15, 0.2) is 0 Å². The van der Waals surface area contributed by atoms with Gasteiger partial charge in [-0.15, -0.1) is 0 Å². The molecular weight excluding hydrogens is 260 g/mol. The maximum atomic E-state index is 12.7. The molecule has 1 aromatic carbocycles. The summed E-state index contributed by atoms with van der Waals surface area (Å²) in [7, 11) is 0. The molecule has 1 aliphatic heterocycles. The molecule has 0 aromatic heterocycles. The van der Waals surface area contributed by atoms with Gasteiger partial charge in [0.25, 0.3) is 0 Å². The molecule has 0 aliphatic carbocycles. The van der Waals surface area contributed by atoms with E-state index in [1.165, 1.54) is 11.3 Å². The highest BCUT2D eigenvalue weighted by Crippen LogP contribution is 2.33. The Balaban J connectivity index is 2.02. The number of hydrogen-bond acceptors (Lipinski definition) is 2. The van der Waals surface area contributed by atoms with Crippen molar-refractivity contribution in [2.45, 2.75) is 40.0 Å². The Morgan fingerprint density at radius 1 is 1.19 bits per heavy atom. The lowest BCUT2D eigenvalue weighted by Gasteiger charge is -2.27. The highest BCUT2D eigenvalue weighted by Gasteiger charge is 2.26. The van der Waals surface area contributed by atoms with Crippen LogP contribution in [0.25, 0.3) is 0 Å². The van der Waals surface area contributed by atoms with Crippen LogP contribution in [-0.4, -0.2) is 30.4 Å². The van der Waals surface area contributed by atoms with Crippen molar-refractivity contribution in [3.05, 3.63) is 29.8 Å². The van der Waals surface area contributed by atoms with Gasteiger partial charge in [-0.2, -0.15) is 0 Å². The molecule has 0 fully saturated rings. The van der Waals surface area contributed by atoms with Crippen molar-refractivity contribution in [2.24, 2.45) is 11.8 Å². The zero-order valence-corrected chi connectivity index (χ0v) is 13.7. The van der Waals surface area contributed by atoms with Crippen LogP contribution in [0.2, 0.25) is 0 Å². The van der Waals surface area contributed by atoms with E-state index in [0.29, 0.717) is 30.1 Å². The van der Waals surface area contributed by atoms with E-state index in [1.54, 1.807) is 0 Å². The molecule has 1 heterocycles. The second-order valence-electron chi connectivity index (χ2n) is 6.96. The molecule has 1 aliphatic rings. The van der Waals surface area contributed by atoms with Gasteiger partial charge in [-0.1, -0.05) is 45.9 Å². The molecule has 0 spiro atoms. The normalized spacial score (nSPS) is 17.0. The minimum atomic E-state index is 0.293. The molecule has 1 unspecified atom stereocenters. The Morgan fingerprint density at radius 2 is 1.81 bits per heavy atom. The minimum absolute atomic E-state index is 0.293. The zero-order valence-electron chi connectivity index (χ0n) is 13.7. The summed E-state index contributed by atoms with van der Waals surface area (Å²) in [4.78, 5) is 14.7. The average molecular weight is 288 g/mol. The molecule has 1 aromatic rings. The van der Waals surface area contributed by atoms with Crippen LogP contribution < -0.4 is 5.32 Å². The number of amides is 1. The highest BCUT2D eigenvalue weighted by atomic mass is 16.2. The lowest BCUT2D eigenvalue weighted by molar-refractivity contribution is -0.132. The van der Waals surface area contributed by atoms with Crippen LogP contribution in [0, 0.1) is 11.8 Å². The predicted octanol–water partition coefficient (Wildman–Crippen LogP) is 3.73. The molecule has 1 N–H and O–H groups in total. The van der Waals surface area contributed by atoms with Crippen molar-refractivity contribution >= 4 is 11.6 Å². The van der Waals surface area contributed by atoms with Gasteiger partial charge in [0, 0.05) is 37.7 Å². The number of para-hydroxylation sites is 1. The predicted molar refractivity (Wildman–Crippen MR) is 88.5 cm³/mol. The summed E-state index contributed by atoms with van der Waals surface area (Å²) in [5, 5.41) is 3.41. The maximum Gasteiger partial charge on any atom is 0.223 e. The largest absolute Gasteiger partial charge is 0.384 e. The first kappa shape index (κ1) is 15.9. The van der Waals surface area contributed by atoms with Gasteiger partial charge in [-0.25, -0.2) is 0 Å². The van der Waals surface area contributed by atoms with Gasteiger partial charge in [0.05, 0.1) is 0 Å². The van der Waals surface area contributed by atoms with Crippen LogP contribution in [-0.2, 0) is 4.79 Å². The van der Waals surface area contributed by atoms with E-state index >= 15 is 0 Å². The lowest BCUT2D eigenvalue weighted by atomic mass is 9.97. The van der Waals surface area contributed by atoms with Crippen LogP contribution in [0.5, 0.6) is 0 Å². The molecule has 3 nitrogen and oxygen atoms in total. The molecular formula is C18H28N2O. The quantitative estimate of drug-likeness (QED) is 0.865. The number of fused-ring (bicyclic) bond motifs is 1. The SMILES string of the molecule is CC(C)CN(CC(C)C)C(=O)CC1CNc2ccccc21. The van der Waals surface area contributed by atoms with Crippen LogP contribution in [0.4, 0.5) is 5.69 Å². The smallest absolute Gasteiger partial charge is 0.223 e. The molecule has 1 atom stereocenters. The third kappa shape index (κ3) is 4.23. The van der Waals surface area contributed by atoms with E-state index in [9.17, 15) is 4.79 Å². The van der Waals surface area contributed by atoms with E-state index in [2.05, 4.69) is 56.1 Å². The van der Waals surface area contributed by atoms with Gasteiger partial charge in [-0.3, -0.25) is 4.79 Å². The van der Waals surface area contributed by atoms with Gasteiger partial charge < -0.3 is 10.2 Å². The molecule has 3 heteroatoms. The molecule has 1 amide bonds. The first-order chi connectivity index (χ1) is 9.97. The van der Waals surface area contributed by atoms with Gasteiger partial charge in [0.2, 0.25) is 5.91 Å². The first-order valence-electron chi connectivity index (χ1n) is 8.08. The first-order valence-corrected chi connectivity index (χ1v) is 8.08. The molecule has 0 radical (unpaired) electrons. The molecule has 0 saturated carbocycles. The minimum Gasteiger partial charge on any atom is -0.384 e. The van der Waals surface area contributed by atoms with E-state index in [4.69, 9.17) is 0 Å². The average Bonchev–Trinajstić information content (AvgIpc) is 2.80. The van der Waals surface area contributed by atoms with Crippen molar-refractivity contribution in [1.29, 1.82) is 0 Å². The van der Waals surface area contributed by atoms with Gasteiger partial charge in [-0.05, 0) is 23.5 Å². The Kier molecular flexibility index (Phi) is 5.27. The van der Waals surface area contributed by atoms with E-state index in [0.717, 1.165) is 19.6 Å². The van der Waals surface area contributed by atoms with Crippen molar-refractivity contribution in [3.8, 4) is 0 Å². The molecule has 2 rings (SSSR count). The number of benzene rings is 1. The fourth-order valence-corrected chi connectivity index (χ4v) is 3.04. The number of nitrogens with one attached hydrogen (secondary N) is 1. The number of rotatable bonds is 6. The van der Waals surface area contributed by atoms with E-state index in [-0.39, 0.29) is 0 Å². The van der Waals surface area contributed by atoms with Crippen molar-refractivity contribution in [3.63, 3.8) is 0 Å². The zero-order chi connectivity index (χ0) is 15.4. The van der Waals surface area contributed by atoms with Crippen LogP contribution in [0.15, 0.2) is 24.3 Å².